The van der Waals surface area contributed by atoms with Gasteiger partial charge in [-0.15, -0.1) is 0 Å². The van der Waals surface area contributed by atoms with Gasteiger partial charge in [0.2, 0.25) is 11.8 Å². The average molecular weight is 324 g/mol. The molecule has 8 heteroatoms. The van der Waals surface area contributed by atoms with Crippen molar-refractivity contribution < 1.29 is 27.9 Å². The largest absolute Gasteiger partial charge is 0.406 e. The zero-order chi connectivity index (χ0) is 17.0. The van der Waals surface area contributed by atoms with E-state index >= 15 is 0 Å². The number of hydrogen-bond donors (Lipinski definition) is 2. The molecular weight excluding hydrogens is 301 g/mol. The summed E-state index contributed by atoms with van der Waals surface area (Å²) in [6.45, 7) is 2.74. The quantitative estimate of drug-likeness (QED) is 0.694. The Morgan fingerprint density at radius 1 is 1.41 bits per heavy atom. The molecule has 128 valence electrons. The van der Waals surface area contributed by atoms with Gasteiger partial charge in [0, 0.05) is 26.1 Å². The van der Waals surface area contributed by atoms with Crippen molar-refractivity contribution in [3.63, 3.8) is 0 Å². The Balaban J connectivity index is 2.34. The number of aliphatic hydroxyl groups is 1. The molecule has 0 saturated carbocycles. The number of rotatable bonds is 7. The van der Waals surface area contributed by atoms with E-state index in [2.05, 4.69) is 5.32 Å². The molecule has 1 unspecified atom stereocenters. The zero-order valence-electron chi connectivity index (χ0n) is 12.9. The highest BCUT2D eigenvalue weighted by Crippen LogP contribution is 2.24. The summed E-state index contributed by atoms with van der Waals surface area (Å²) in [6.07, 6.45) is -3.25. The monoisotopic (exact) mass is 324 g/mol. The topological polar surface area (TPSA) is 69.6 Å². The molecular formula is C14H23F3N2O3. The van der Waals surface area contributed by atoms with Gasteiger partial charge in [0.15, 0.2) is 0 Å². The van der Waals surface area contributed by atoms with Gasteiger partial charge in [-0.25, -0.2) is 0 Å². The fraction of sp³-hybridized carbons (Fsp3) is 0.857. The van der Waals surface area contributed by atoms with Gasteiger partial charge in [0.25, 0.3) is 0 Å². The maximum atomic E-state index is 12.3. The molecule has 0 aliphatic carbocycles. The van der Waals surface area contributed by atoms with Crippen LogP contribution in [-0.4, -0.2) is 54.2 Å². The number of carbonyl (C=O) groups is 2. The van der Waals surface area contributed by atoms with E-state index in [-0.39, 0.29) is 30.9 Å². The predicted molar refractivity (Wildman–Crippen MR) is 73.9 cm³/mol. The van der Waals surface area contributed by atoms with Crippen LogP contribution in [0, 0.1) is 11.3 Å². The highest BCUT2D eigenvalue weighted by atomic mass is 19.4. The molecule has 1 rings (SSSR count). The van der Waals surface area contributed by atoms with Gasteiger partial charge in [-0.05, 0) is 18.3 Å². The number of nitrogens with one attached hydrogen (secondary N) is 1. The van der Waals surface area contributed by atoms with Crippen LogP contribution in [0.4, 0.5) is 13.2 Å². The summed E-state index contributed by atoms with van der Waals surface area (Å²) in [6, 6.07) is 0. The molecule has 2 amide bonds. The fourth-order valence-electron chi connectivity index (χ4n) is 2.32. The molecule has 1 heterocycles. The Kier molecular flexibility index (Phi) is 6.22. The Morgan fingerprint density at radius 3 is 2.59 bits per heavy atom. The van der Waals surface area contributed by atoms with Crippen molar-refractivity contribution in [3.05, 3.63) is 0 Å². The number of hydrogen-bond acceptors (Lipinski definition) is 3. The maximum absolute atomic E-state index is 12.3. The third kappa shape index (κ3) is 6.21. The third-order valence-corrected chi connectivity index (χ3v) is 3.71. The van der Waals surface area contributed by atoms with E-state index in [1.165, 1.54) is 0 Å². The molecule has 1 saturated heterocycles. The number of amides is 2. The highest BCUT2D eigenvalue weighted by Gasteiger charge is 2.40. The predicted octanol–water partition coefficient (Wildman–Crippen LogP) is 1.31. The molecule has 1 aliphatic rings. The second-order valence-electron chi connectivity index (χ2n) is 6.51. The van der Waals surface area contributed by atoms with Gasteiger partial charge in [-0.2, -0.15) is 13.2 Å². The van der Waals surface area contributed by atoms with Crippen LogP contribution in [0.5, 0.6) is 0 Å². The summed E-state index contributed by atoms with van der Waals surface area (Å²) in [7, 11) is 0. The molecule has 0 radical (unpaired) electrons. The Morgan fingerprint density at radius 2 is 2.05 bits per heavy atom. The van der Waals surface area contributed by atoms with Crippen molar-refractivity contribution in [3.8, 4) is 0 Å². The second-order valence-corrected chi connectivity index (χ2v) is 6.51. The molecule has 1 fully saturated rings. The standard InChI is InChI=1S/C14H23F3N2O3/c1-13(2,9-20)4-3-5-18-12(22)10-6-11(21)19(7-10)8-14(15,16)17/h10,20H,3-9H2,1-2H3,(H,18,22). The Hall–Kier alpha value is -1.31. The van der Waals surface area contributed by atoms with Crippen molar-refractivity contribution >= 4 is 11.8 Å². The van der Waals surface area contributed by atoms with Gasteiger partial charge in [-0.1, -0.05) is 13.8 Å². The molecule has 0 bridgehead atoms. The van der Waals surface area contributed by atoms with Crippen LogP contribution >= 0.6 is 0 Å². The minimum absolute atomic E-state index is 0.0461. The van der Waals surface area contributed by atoms with Crippen LogP contribution in [0.2, 0.25) is 0 Å². The van der Waals surface area contributed by atoms with Crippen molar-refractivity contribution in [2.24, 2.45) is 11.3 Å². The van der Waals surface area contributed by atoms with E-state index in [9.17, 15) is 22.8 Å². The van der Waals surface area contributed by atoms with Crippen LogP contribution < -0.4 is 5.32 Å². The highest BCUT2D eigenvalue weighted by molar-refractivity contribution is 5.89. The van der Waals surface area contributed by atoms with Gasteiger partial charge in [0.1, 0.15) is 6.54 Å². The molecule has 0 aromatic rings. The number of carbonyl (C=O) groups excluding carboxylic acids is 2. The van der Waals surface area contributed by atoms with Crippen molar-refractivity contribution in [1.82, 2.24) is 10.2 Å². The second kappa shape index (κ2) is 7.30. The first kappa shape index (κ1) is 18.7. The van der Waals surface area contributed by atoms with Crippen LogP contribution in [-0.2, 0) is 9.59 Å². The summed E-state index contributed by atoms with van der Waals surface area (Å²) in [4.78, 5) is 24.0. The summed E-state index contributed by atoms with van der Waals surface area (Å²) < 4.78 is 36.9. The summed E-state index contributed by atoms with van der Waals surface area (Å²) in [5, 5.41) is 11.7. The van der Waals surface area contributed by atoms with Gasteiger partial charge in [0.05, 0.1) is 5.92 Å². The van der Waals surface area contributed by atoms with Crippen molar-refractivity contribution in [2.45, 2.75) is 39.3 Å². The number of alkyl halides is 3. The first-order chi connectivity index (χ1) is 10.0. The molecule has 0 aromatic carbocycles. The lowest BCUT2D eigenvalue weighted by atomic mass is 9.89. The van der Waals surface area contributed by atoms with Crippen molar-refractivity contribution in [2.75, 3.05) is 26.2 Å². The van der Waals surface area contributed by atoms with Crippen LogP contribution in [0.15, 0.2) is 0 Å². The lowest BCUT2D eigenvalue weighted by molar-refractivity contribution is -0.157. The average Bonchev–Trinajstić information content (AvgIpc) is 2.74. The molecule has 0 spiro atoms. The van der Waals surface area contributed by atoms with Gasteiger partial charge >= 0.3 is 6.18 Å². The molecule has 0 aromatic heterocycles. The smallest absolute Gasteiger partial charge is 0.396 e. The van der Waals surface area contributed by atoms with Crippen LogP contribution in [0.3, 0.4) is 0 Å². The number of aliphatic hydroxyl groups excluding tert-OH is 1. The third-order valence-electron chi connectivity index (χ3n) is 3.71. The Bertz CT molecular complexity index is 411. The first-order valence-corrected chi connectivity index (χ1v) is 7.27. The minimum atomic E-state index is -4.45. The first-order valence-electron chi connectivity index (χ1n) is 7.27. The molecule has 1 atom stereocenters. The maximum Gasteiger partial charge on any atom is 0.406 e. The van der Waals surface area contributed by atoms with Gasteiger partial charge < -0.3 is 15.3 Å². The molecule has 22 heavy (non-hydrogen) atoms. The number of nitrogens with zero attached hydrogens (tertiary/aromatic N) is 1. The molecule has 2 N–H and O–H groups in total. The van der Waals surface area contributed by atoms with Gasteiger partial charge in [-0.3, -0.25) is 9.59 Å². The minimum Gasteiger partial charge on any atom is -0.396 e. The van der Waals surface area contributed by atoms with E-state index in [0.29, 0.717) is 24.3 Å². The van der Waals surface area contributed by atoms with E-state index < -0.39 is 24.5 Å². The van der Waals surface area contributed by atoms with Crippen LogP contribution in [0.25, 0.3) is 0 Å². The Labute approximate surface area is 127 Å². The van der Waals surface area contributed by atoms with Crippen molar-refractivity contribution in [1.29, 1.82) is 0 Å². The lowest BCUT2D eigenvalue weighted by Gasteiger charge is -2.21. The SMILES string of the molecule is CC(C)(CO)CCCNC(=O)C1CC(=O)N(CC(F)(F)F)C1. The zero-order valence-corrected chi connectivity index (χ0v) is 12.9. The summed E-state index contributed by atoms with van der Waals surface area (Å²) >= 11 is 0. The fourth-order valence-corrected chi connectivity index (χ4v) is 2.32. The lowest BCUT2D eigenvalue weighted by Crippen LogP contribution is -2.37. The van der Waals surface area contributed by atoms with Crippen LogP contribution in [0.1, 0.15) is 33.1 Å². The summed E-state index contributed by atoms with van der Waals surface area (Å²) in [5.41, 5.74) is -0.225. The molecule has 5 nitrogen and oxygen atoms in total. The normalized spacial score (nSPS) is 19.6. The number of halogens is 3. The number of likely N-dealkylation sites (tertiary alicyclic amines) is 1. The van der Waals surface area contributed by atoms with E-state index in [1.807, 2.05) is 13.8 Å². The van der Waals surface area contributed by atoms with E-state index in [1.54, 1.807) is 0 Å². The van der Waals surface area contributed by atoms with E-state index in [4.69, 9.17) is 5.11 Å². The molecule has 1 aliphatic heterocycles. The van der Waals surface area contributed by atoms with E-state index in [0.717, 1.165) is 0 Å². The summed E-state index contributed by atoms with van der Waals surface area (Å²) in [5.74, 6) is -1.75.